The second-order valence-electron chi connectivity index (χ2n) is 8.60. The van der Waals surface area contributed by atoms with Gasteiger partial charge in [-0.2, -0.15) is 5.26 Å². The number of H-pyrrole nitrogens is 1. The van der Waals surface area contributed by atoms with Gasteiger partial charge in [0.05, 0.1) is 28.9 Å². The Labute approximate surface area is 225 Å². The molecule has 0 fully saturated rings. The maximum atomic E-state index is 13.8. The second-order valence-corrected chi connectivity index (χ2v) is 8.99. The molecule has 1 unspecified atom stereocenters. The lowest BCUT2D eigenvalue weighted by atomic mass is 9.96. The molecule has 0 saturated carbocycles. The van der Waals surface area contributed by atoms with Crippen LogP contribution in [0.2, 0.25) is 5.15 Å². The molecule has 12 heteroatoms. The molecule has 0 aliphatic carbocycles. The number of fused-ring (bicyclic) bond motifs is 1. The molecule has 0 aliphatic heterocycles. The van der Waals surface area contributed by atoms with Crippen molar-refractivity contribution in [3.63, 3.8) is 0 Å². The first-order chi connectivity index (χ1) is 18.8. The minimum Gasteiger partial charge on any atom is -0.514 e. The molecule has 4 aromatic heterocycles. The minimum atomic E-state index is -0.746. The van der Waals surface area contributed by atoms with Crippen molar-refractivity contribution in [3.8, 4) is 28.9 Å². The first kappa shape index (κ1) is 25.4. The van der Waals surface area contributed by atoms with Gasteiger partial charge in [-0.05, 0) is 49.7 Å². The molecule has 4 heterocycles. The number of aliphatic hydroxyl groups is 1. The largest absolute Gasteiger partial charge is 0.514 e. The molecule has 194 valence electrons. The van der Waals surface area contributed by atoms with Crippen LogP contribution in [0.1, 0.15) is 29.7 Å². The van der Waals surface area contributed by atoms with Crippen molar-refractivity contribution in [2.45, 2.75) is 19.9 Å². The number of halogens is 1. The summed E-state index contributed by atoms with van der Waals surface area (Å²) in [5.41, 5.74) is 2.06. The number of pyridine rings is 2. The topological polar surface area (TPSA) is 171 Å². The predicted molar refractivity (Wildman–Crippen MR) is 144 cm³/mol. The summed E-state index contributed by atoms with van der Waals surface area (Å²) in [4.78, 5) is 36.1. The van der Waals surface area contributed by atoms with Gasteiger partial charge in [0.1, 0.15) is 33.8 Å². The van der Waals surface area contributed by atoms with Crippen molar-refractivity contribution >= 4 is 33.8 Å². The molecule has 1 aromatic carbocycles. The number of nitriles is 1. The van der Waals surface area contributed by atoms with E-state index < -0.39 is 17.2 Å². The van der Waals surface area contributed by atoms with Crippen LogP contribution in [0.25, 0.3) is 39.4 Å². The van der Waals surface area contributed by atoms with E-state index in [-0.39, 0.29) is 44.5 Å². The van der Waals surface area contributed by atoms with E-state index in [0.717, 1.165) is 5.56 Å². The number of nitrogens with one attached hydrogen (secondary N) is 2. The third-order valence-corrected chi connectivity index (χ3v) is 6.18. The van der Waals surface area contributed by atoms with E-state index in [9.17, 15) is 20.0 Å². The summed E-state index contributed by atoms with van der Waals surface area (Å²) >= 11 is 6.09. The molecule has 0 bridgehead atoms. The van der Waals surface area contributed by atoms with Crippen LogP contribution in [0, 0.1) is 18.3 Å². The lowest BCUT2D eigenvalue weighted by Gasteiger charge is -2.20. The fourth-order valence-electron chi connectivity index (χ4n) is 4.27. The monoisotopic (exact) mass is 542 g/mol. The highest BCUT2D eigenvalue weighted by Crippen LogP contribution is 2.35. The zero-order valence-electron chi connectivity index (χ0n) is 20.5. The Bertz CT molecular complexity index is 1900. The summed E-state index contributed by atoms with van der Waals surface area (Å²) in [7, 11) is 0. The summed E-state index contributed by atoms with van der Waals surface area (Å²) < 4.78 is 11.0. The Morgan fingerprint density at radius 3 is 2.77 bits per heavy atom. The van der Waals surface area contributed by atoms with Crippen molar-refractivity contribution in [2.75, 3.05) is 5.32 Å². The van der Waals surface area contributed by atoms with Gasteiger partial charge in [0, 0.05) is 23.5 Å². The van der Waals surface area contributed by atoms with E-state index in [1.165, 1.54) is 6.20 Å². The molecule has 0 spiro atoms. The van der Waals surface area contributed by atoms with Crippen LogP contribution in [0.15, 0.2) is 73.6 Å². The summed E-state index contributed by atoms with van der Waals surface area (Å²) in [6.07, 6.45) is 3.65. The number of hydrogen-bond acceptors (Lipinski definition) is 10. The van der Waals surface area contributed by atoms with Crippen LogP contribution in [0.4, 0.5) is 5.69 Å². The number of rotatable bonds is 6. The van der Waals surface area contributed by atoms with Gasteiger partial charge in [0.2, 0.25) is 11.3 Å². The Morgan fingerprint density at radius 2 is 2.10 bits per heavy atom. The summed E-state index contributed by atoms with van der Waals surface area (Å²) in [5.74, 6) is -0.570. The van der Waals surface area contributed by atoms with Crippen molar-refractivity contribution < 1.29 is 14.0 Å². The lowest BCUT2D eigenvalue weighted by molar-refractivity contribution is 0.388. The quantitative estimate of drug-likeness (QED) is 0.148. The van der Waals surface area contributed by atoms with Gasteiger partial charge in [-0.3, -0.25) is 19.3 Å². The average molecular weight is 543 g/mol. The second kappa shape index (κ2) is 10.3. The number of aliphatic hydroxyl groups excluding tert-OH is 1. The van der Waals surface area contributed by atoms with E-state index in [1.54, 1.807) is 36.5 Å². The van der Waals surface area contributed by atoms with Crippen molar-refractivity contribution in [1.29, 1.82) is 5.26 Å². The molecule has 3 N–H and O–H groups in total. The van der Waals surface area contributed by atoms with Gasteiger partial charge in [-0.1, -0.05) is 22.8 Å². The van der Waals surface area contributed by atoms with Gasteiger partial charge < -0.3 is 14.8 Å². The molecule has 5 aromatic rings. The van der Waals surface area contributed by atoms with Gasteiger partial charge in [0.15, 0.2) is 0 Å². The van der Waals surface area contributed by atoms with Crippen LogP contribution in [-0.2, 0) is 0 Å². The van der Waals surface area contributed by atoms with Gasteiger partial charge >= 0.3 is 5.76 Å². The average Bonchev–Trinajstić information content (AvgIpc) is 3.37. The highest BCUT2D eigenvalue weighted by Gasteiger charge is 2.24. The number of allylic oxidation sites excluding steroid dienone is 1. The zero-order chi connectivity index (χ0) is 27.7. The Balaban J connectivity index is 1.71. The fraction of sp³-hybridized carbons (Fsp3) is 0.111. The smallest absolute Gasteiger partial charge is 0.439 e. The normalized spacial score (nSPS) is 12.3. The third-order valence-electron chi connectivity index (χ3n) is 5.97. The molecule has 11 nitrogen and oxygen atoms in total. The third kappa shape index (κ3) is 4.76. The minimum absolute atomic E-state index is 0.0724. The molecule has 0 aliphatic rings. The Kier molecular flexibility index (Phi) is 6.70. The number of anilines is 1. The van der Waals surface area contributed by atoms with E-state index in [1.807, 2.05) is 26.0 Å². The molecule has 39 heavy (non-hydrogen) atoms. The highest BCUT2D eigenvalue weighted by atomic mass is 35.5. The number of aromatic nitrogens is 4. The summed E-state index contributed by atoms with van der Waals surface area (Å²) in [6, 6.07) is 11.5. The number of hydrogen-bond donors (Lipinski definition) is 3. The summed E-state index contributed by atoms with van der Waals surface area (Å²) in [6.45, 7) is 3.68. The van der Waals surface area contributed by atoms with Crippen LogP contribution in [-0.4, -0.2) is 25.2 Å². The first-order valence-electron chi connectivity index (χ1n) is 11.6. The molecule has 1 atom stereocenters. The SMILES string of the molecule is Cc1cc(C(C)Nc2ccc(Cl)nc2-c2noc(=O)[nH]2)c2oc(-c3cccnc3)c(/C(C#N)=C/O)c(=O)c2c1. The van der Waals surface area contributed by atoms with Crippen molar-refractivity contribution in [3.05, 3.63) is 97.7 Å². The zero-order valence-corrected chi connectivity index (χ0v) is 21.3. The molecular weight excluding hydrogens is 524 g/mol. The molecule has 0 saturated heterocycles. The highest BCUT2D eigenvalue weighted by molar-refractivity contribution is 6.29. The van der Waals surface area contributed by atoms with Gasteiger partial charge in [0.25, 0.3) is 0 Å². The molecular formula is C27H19ClN6O5. The van der Waals surface area contributed by atoms with Gasteiger partial charge in [-0.25, -0.2) is 9.78 Å². The van der Waals surface area contributed by atoms with Gasteiger partial charge in [-0.15, -0.1) is 0 Å². The maximum Gasteiger partial charge on any atom is 0.439 e. The van der Waals surface area contributed by atoms with Crippen LogP contribution < -0.4 is 16.5 Å². The van der Waals surface area contributed by atoms with Crippen LogP contribution >= 0.6 is 11.6 Å². The molecule has 0 amide bonds. The summed E-state index contributed by atoms with van der Waals surface area (Å²) in [5, 5.41) is 26.8. The van der Waals surface area contributed by atoms with E-state index in [4.69, 9.17) is 16.0 Å². The fourth-order valence-corrected chi connectivity index (χ4v) is 4.41. The molecule has 0 radical (unpaired) electrons. The lowest BCUT2D eigenvalue weighted by Crippen LogP contribution is -2.14. The molecule has 5 rings (SSSR count). The van der Waals surface area contributed by atoms with E-state index >= 15 is 0 Å². The number of nitrogens with zero attached hydrogens (tertiary/aromatic N) is 4. The number of aryl methyl sites for hydroxylation is 1. The number of benzene rings is 1. The Morgan fingerprint density at radius 1 is 1.28 bits per heavy atom. The van der Waals surface area contributed by atoms with E-state index in [2.05, 4.69) is 29.9 Å². The number of aromatic amines is 1. The predicted octanol–water partition coefficient (Wildman–Crippen LogP) is 5.15. The van der Waals surface area contributed by atoms with E-state index in [0.29, 0.717) is 23.1 Å². The van der Waals surface area contributed by atoms with Crippen molar-refractivity contribution in [1.82, 2.24) is 20.1 Å². The first-order valence-corrected chi connectivity index (χ1v) is 11.9. The van der Waals surface area contributed by atoms with Crippen LogP contribution in [0.3, 0.4) is 0 Å². The van der Waals surface area contributed by atoms with Crippen LogP contribution in [0.5, 0.6) is 0 Å². The Hall–Kier alpha value is -5.21. The van der Waals surface area contributed by atoms with Crippen molar-refractivity contribution in [2.24, 2.45) is 0 Å². The maximum absolute atomic E-state index is 13.8. The standard InChI is InChI=1S/C27H19ClN6O5/c1-13-8-17(14(2)31-19-5-6-20(28)32-22(19)26-33-27(37)39-34-26)25-18(9-13)23(36)21(16(10-29)12-35)24(38-25)15-4-3-7-30-11-15/h3-9,11-12,14,31,35H,1-2H3,(H,33,34,37)/b16-12+.